The Labute approximate surface area is 167 Å². The second-order valence-electron chi connectivity index (χ2n) is 6.47. The highest BCUT2D eigenvalue weighted by molar-refractivity contribution is 6.33. The van der Waals surface area contributed by atoms with Gasteiger partial charge in [-0.05, 0) is 23.8 Å². The summed E-state index contributed by atoms with van der Waals surface area (Å²) in [5, 5.41) is 6.99. The Morgan fingerprint density at radius 1 is 1.07 bits per heavy atom. The van der Waals surface area contributed by atoms with Gasteiger partial charge in [0.15, 0.2) is 5.82 Å². The molecule has 4 rings (SSSR count). The van der Waals surface area contributed by atoms with Crippen molar-refractivity contribution in [1.29, 1.82) is 0 Å². The van der Waals surface area contributed by atoms with E-state index in [2.05, 4.69) is 10.2 Å². The number of aromatic nitrogens is 3. The monoisotopic (exact) mass is 424 g/mol. The minimum Gasteiger partial charge on any atom is -0.322 e. The molecule has 1 aromatic heterocycles. The fourth-order valence-corrected chi connectivity index (χ4v) is 3.67. The Morgan fingerprint density at radius 3 is 2.45 bits per heavy atom. The number of hydrogen-bond donors (Lipinski definition) is 0. The van der Waals surface area contributed by atoms with Crippen LogP contribution < -0.4 is 0 Å². The van der Waals surface area contributed by atoms with Gasteiger partial charge in [0.25, 0.3) is 5.91 Å². The number of alkyl halides is 3. The van der Waals surface area contributed by atoms with E-state index in [9.17, 15) is 22.4 Å². The van der Waals surface area contributed by atoms with Crippen molar-refractivity contribution in [1.82, 2.24) is 19.7 Å². The van der Waals surface area contributed by atoms with E-state index in [1.807, 2.05) is 0 Å². The quantitative estimate of drug-likeness (QED) is 0.575. The van der Waals surface area contributed by atoms with Crippen LogP contribution in [0.1, 0.15) is 33.6 Å². The summed E-state index contributed by atoms with van der Waals surface area (Å²) in [6, 6.07) is 11.0. The maximum absolute atomic E-state index is 13.4. The van der Waals surface area contributed by atoms with E-state index < -0.39 is 29.8 Å². The van der Waals surface area contributed by atoms with Gasteiger partial charge in [0.1, 0.15) is 11.9 Å². The van der Waals surface area contributed by atoms with Gasteiger partial charge in [-0.2, -0.15) is 13.2 Å². The lowest BCUT2D eigenvalue weighted by atomic mass is 10.0. The molecular weight excluding hydrogens is 412 g/mol. The average molecular weight is 425 g/mol. The fraction of sp³-hybridized carbons (Fsp3) is 0.211. The highest BCUT2D eigenvalue weighted by Gasteiger charge is 2.43. The van der Waals surface area contributed by atoms with Crippen molar-refractivity contribution >= 4 is 17.5 Å². The van der Waals surface area contributed by atoms with Gasteiger partial charge in [0.2, 0.25) is 5.82 Å². The predicted molar refractivity (Wildman–Crippen MR) is 95.8 cm³/mol. The van der Waals surface area contributed by atoms with Crippen molar-refractivity contribution < 1.29 is 22.4 Å². The van der Waals surface area contributed by atoms with Crippen LogP contribution in [0.5, 0.6) is 0 Å². The molecule has 0 radical (unpaired) electrons. The minimum absolute atomic E-state index is 0.00126. The second kappa shape index (κ2) is 7.14. The average Bonchev–Trinajstić information content (AvgIpc) is 3.12. The van der Waals surface area contributed by atoms with Crippen LogP contribution in [0.4, 0.5) is 17.6 Å². The summed E-state index contributed by atoms with van der Waals surface area (Å²) in [5.41, 5.74) is 0.624. The lowest BCUT2D eigenvalue weighted by molar-refractivity contribution is -0.148. The van der Waals surface area contributed by atoms with Crippen LogP contribution in [0.3, 0.4) is 0 Å². The van der Waals surface area contributed by atoms with Crippen LogP contribution in [-0.2, 0) is 12.7 Å². The molecule has 10 heteroatoms. The van der Waals surface area contributed by atoms with Gasteiger partial charge >= 0.3 is 6.18 Å². The molecule has 29 heavy (non-hydrogen) atoms. The molecule has 150 valence electrons. The van der Waals surface area contributed by atoms with Crippen LogP contribution in [0.2, 0.25) is 5.02 Å². The molecule has 0 fully saturated rings. The summed E-state index contributed by atoms with van der Waals surface area (Å²) >= 11 is 6.03. The van der Waals surface area contributed by atoms with Crippen molar-refractivity contribution in [2.45, 2.75) is 18.8 Å². The molecule has 1 aliphatic rings. The second-order valence-corrected chi connectivity index (χ2v) is 6.87. The molecule has 0 bridgehead atoms. The number of benzene rings is 2. The van der Waals surface area contributed by atoms with E-state index in [1.165, 1.54) is 11.0 Å². The zero-order chi connectivity index (χ0) is 20.8. The lowest BCUT2D eigenvalue weighted by Gasteiger charge is -2.36. The zero-order valence-corrected chi connectivity index (χ0v) is 15.5. The van der Waals surface area contributed by atoms with E-state index in [0.29, 0.717) is 5.56 Å². The molecule has 1 atom stereocenters. The summed E-state index contributed by atoms with van der Waals surface area (Å²) in [6.45, 7) is -0.161. The summed E-state index contributed by atoms with van der Waals surface area (Å²) < 4.78 is 54.2. The molecule has 1 amide bonds. The zero-order valence-electron chi connectivity index (χ0n) is 14.7. The Morgan fingerprint density at radius 2 is 1.79 bits per heavy atom. The molecule has 0 spiro atoms. The Hall–Kier alpha value is -2.94. The third-order valence-electron chi connectivity index (χ3n) is 4.69. The number of hydrogen-bond acceptors (Lipinski definition) is 3. The van der Waals surface area contributed by atoms with Gasteiger partial charge in [-0.25, -0.2) is 4.39 Å². The highest BCUT2D eigenvalue weighted by atomic mass is 35.5. The fourth-order valence-electron chi connectivity index (χ4n) is 3.42. The van der Waals surface area contributed by atoms with Crippen molar-refractivity contribution in [3.05, 3.63) is 82.1 Å². The number of amides is 1. The van der Waals surface area contributed by atoms with Gasteiger partial charge in [-0.15, -0.1) is 10.2 Å². The maximum atomic E-state index is 13.4. The molecule has 0 N–H and O–H groups in total. The van der Waals surface area contributed by atoms with Gasteiger partial charge in [-0.3, -0.25) is 4.79 Å². The number of fused-ring (bicyclic) bond motifs is 1. The molecule has 1 aliphatic heterocycles. The number of rotatable bonds is 2. The third-order valence-corrected chi connectivity index (χ3v) is 5.00. The molecule has 0 saturated carbocycles. The molecule has 0 aliphatic carbocycles. The standard InChI is InChI=1S/C19H13ClF4N4O/c20-14-10-12(21)6-7-13(14)17(29)27-8-9-28-16(25-26-18(28)19(22,23)24)15(27)11-4-2-1-3-5-11/h1-7,10,15H,8-9H2/t15-/m0/s1. The minimum atomic E-state index is -4.67. The van der Waals surface area contributed by atoms with Crippen LogP contribution in [0, 0.1) is 5.82 Å². The topological polar surface area (TPSA) is 51.0 Å². The summed E-state index contributed by atoms with van der Waals surface area (Å²) in [5.74, 6) is -2.24. The third kappa shape index (κ3) is 3.46. The summed E-state index contributed by atoms with van der Waals surface area (Å²) in [6.07, 6.45) is -4.67. The smallest absolute Gasteiger partial charge is 0.322 e. The van der Waals surface area contributed by atoms with E-state index in [1.54, 1.807) is 30.3 Å². The highest BCUT2D eigenvalue weighted by Crippen LogP contribution is 2.37. The molecule has 0 saturated heterocycles. The van der Waals surface area contributed by atoms with E-state index in [-0.39, 0.29) is 29.5 Å². The van der Waals surface area contributed by atoms with Crippen LogP contribution >= 0.6 is 11.6 Å². The van der Waals surface area contributed by atoms with Crippen molar-refractivity contribution in [3.8, 4) is 0 Å². The first-order valence-corrected chi connectivity index (χ1v) is 8.96. The first-order valence-electron chi connectivity index (χ1n) is 8.58. The van der Waals surface area contributed by atoms with Crippen LogP contribution in [-0.4, -0.2) is 32.1 Å². The first kappa shape index (κ1) is 19.4. The number of carbonyl (C=O) groups excluding carboxylic acids is 1. The summed E-state index contributed by atoms with van der Waals surface area (Å²) in [4.78, 5) is 14.5. The Kier molecular flexibility index (Phi) is 4.77. The number of carbonyl (C=O) groups is 1. The van der Waals surface area contributed by atoms with Gasteiger partial charge in [0.05, 0.1) is 10.6 Å². The Bertz CT molecular complexity index is 1070. The molecule has 2 heterocycles. The molecule has 0 unspecified atom stereocenters. The predicted octanol–water partition coefficient (Wildman–Crippen LogP) is 4.33. The van der Waals surface area contributed by atoms with Gasteiger partial charge in [0, 0.05) is 13.1 Å². The lowest BCUT2D eigenvalue weighted by Crippen LogP contribution is -2.43. The van der Waals surface area contributed by atoms with E-state index in [4.69, 9.17) is 11.6 Å². The normalized spacial score (nSPS) is 16.6. The van der Waals surface area contributed by atoms with E-state index >= 15 is 0 Å². The van der Waals surface area contributed by atoms with Gasteiger partial charge < -0.3 is 9.47 Å². The maximum Gasteiger partial charge on any atom is 0.451 e. The molecular formula is C19H13ClF4N4O. The molecule has 5 nitrogen and oxygen atoms in total. The summed E-state index contributed by atoms with van der Waals surface area (Å²) in [7, 11) is 0. The van der Waals surface area contributed by atoms with Crippen LogP contribution in [0.15, 0.2) is 48.5 Å². The molecule has 2 aromatic carbocycles. The van der Waals surface area contributed by atoms with E-state index in [0.717, 1.165) is 16.7 Å². The number of nitrogens with zero attached hydrogens (tertiary/aromatic N) is 4. The van der Waals surface area contributed by atoms with Crippen molar-refractivity contribution in [2.75, 3.05) is 6.54 Å². The largest absolute Gasteiger partial charge is 0.451 e. The SMILES string of the molecule is O=C(c1ccc(F)cc1Cl)N1CCn2c(nnc2C(F)(F)F)[C@@H]1c1ccccc1. The first-order chi connectivity index (χ1) is 13.8. The van der Waals surface area contributed by atoms with Crippen molar-refractivity contribution in [3.63, 3.8) is 0 Å². The van der Waals surface area contributed by atoms with Gasteiger partial charge in [-0.1, -0.05) is 41.9 Å². The van der Waals surface area contributed by atoms with Crippen molar-refractivity contribution in [2.24, 2.45) is 0 Å². The molecule has 3 aromatic rings. The number of halogens is 5. The van der Waals surface area contributed by atoms with Crippen LogP contribution in [0.25, 0.3) is 0 Å². The Balaban J connectivity index is 1.82.